The van der Waals surface area contributed by atoms with Crippen LogP contribution in [0, 0.1) is 21.4 Å². The van der Waals surface area contributed by atoms with Crippen LogP contribution in [0.5, 0.6) is 5.75 Å². The summed E-state index contributed by atoms with van der Waals surface area (Å²) in [7, 11) is -4.61. The van der Waals surface area contributed by atoms with Crippen molar-refractivity contribution in [3.63, 3.8) is 0 Å². The summed E-state index contributed by atoms with van der Waals surface area (Å²) in [5.74, 6) is -0.904. The summed E-state index contributed by atoms with van der Waals surface area (Å²) in [6, 6.07) is 20.6. The molecule has 2 fully saturated rings. The Morgan fingerprint density at radius 1 is 1.02 bits per heavy atom. The summed E-state index contributed by atoms with van der Waals surface area (Å²) < 4.78 is 37.5. The molecule has 66 heavy (non-hydrogen) atoms. The van der Waals surface area contributed by atoms with Crippen LogP contribution in [-0.4, -0.2) is 93.9 Å². The quantitative estimate of drug-likeness (QED) is 0.0740. The van der Waals surface area contributed by atoms with Gasteiger partial charge in [-0.1, -0.05) is 50.1 Å². The van der Waals surface area contributed by atoms with Crippen molar-refractivity contribution in [2.75, 3.05) is 44.2 Å². The summed E-state index contributed by atoms with van der Waals surface area (Å²) >= 11 is 6.26. The van der Waals surface area contributed by atoms with E-state index in [9.17, 15) is 28.4 Å². The largest absolute Gasteiger partial charge is 0.487 e. The first-order chi connectivity index (χ1) is 31.6. The van der Waals surface area contributed by atoms with Crippen LogP contribution in [0.4, 0.5) is 11.4 Å². The van der Waals surface area contributed by atoms with Gasteiger partial charge in [0.2, 0.25) is 0 Å². The Morgan fingerprint density at radius 2 is 1.77 bits per heavy atom. The minimum atomic E-state index is -4.61. The number of nitro groups is 1. The molecule has 1 aliphatic heterocycles. The maximum atomic E-state index is 14.2. The van der Waals surface area contributed by atoms with E-state index in [1.165, 1.54) is 28.8 Å². The Kier molecular flexibility index (Phi) is 12.4. The van der Waals surface area contributed by atoms with Crippen molar-refractivity contribution in [2.45, 2.75) is 82.6 Å². The van der Waals surface area contributed by atoms with Crippen molar-refractivity contribution in [2.24, 2.45) is 11.3 Å². The monoisotopic (exact) mass is 934 g/mol. The first kappa shape index (κ1) is 45.4. The number of aromatic nitrogens is 4. The maximum Gasteiger partial charge on any atom is 0.312 e. The number of carbonyl (C=O) groups is 1. The third-order valence-corrected chi connectivity index (χ3v) is 15.5. The number of sulfonamides is 1. The molecule has 4 heterocycles. The Labute approximate surface area is 389 Å². The van der Waals surface area contributed by atoms with Crippen LogP contribution in [0.25, 0.3) is 33.3 Å². The zero-order valence-electron chi connectivity index (χ0n) is 37.4. The number of aliphatic hydroxyl groups is 1. The summed E-state index contributed by atoms with van der Waals surface area (Å²) in [5.41, 5.74) is 6.19. The van der Waals surface area contributed by atoms with Gasteiger partial charge in [-0.3, -0.25) is 29.6 Å². The molecule has 0 unspecified atom stereocenters. The normalized spacial score (nSPS) is 20.5. The number of H-pyrrole nitrogens is 1. The zero-order chi connectivity index (χ0) is 46.4. The molecule has 3 aromatic carbocycles. The van der Waals surface area contributed by atoms with Gasteiger partial charge in [0.05, 0.1) is 38.8 Å². The lowest BCUT2D eigenvalue weighted by Gasteiger charge is -2.39. The number of nitrogens with one attached hydrogen (secondary N) is 2. The van der Waals surface area contributed by atoms with Crippen molar-refractivity contribution in [1.29, 1.82) is 0 Å². The molecule has 1 saturated carbocycles. The second kappa shape index (κ2) is 18.1. The lowest BCUT2D eigenvalue weighted by atomic mass is 9.72. The fourth-order valence-corrected chi connectivity index (χ4v) is 10.8. The van der Waals surface area contributed by atoms with E-state index in [0.717, 1.165) is 74.1 Å². The van der Waals surface area contributed by atoms with E-state index >= 15 is 0 Å². The van der Waals surface area contributed by atoms with Gasteiger partial charge in [-0.25, -0.2) is 23.1 Å². The van der Waals surface area contributed by atoms with Crippen LogP contribution in [0.1, 0.15) is 88.1 Å². The molecule has 346 valence electrons. The second-order valence-corrected chi connectivity index (χ2v) is 21.0. The number of piperazine rings is 1. The molecule has 15 nitrogen and oxygen atoms in total. The summed E-state index contributed by atoms with van der Waals surface area (Å²) in [6.07, 6.45) is 9.88. The van der Waals surface area contributed by atoms with Gasteiger partial charge in [-0.2, -0.15) is 0 Å². The van der Waals surface area contributed by atoms with Gasteiger partial charge in [0.25, 0.3) is 15.9 Å². The second-order valence-electron chi connectivity index (χ2n) is 18.9. The minimum absolute atomic E-state index is 0.0502. The van der Waals surface area contributed by atoms with Crippen LogP contribution in [0.15, 0.2) is 95.7 Å². The number of nitro benzene ring substituents is 1. The number of allylic oxidation sites excluding steroid dienone is 1. The van der Waals surface area contributed by atoms with E-state index in [1.54, 1.807) is 23.1 Å². The molecule has 1 saturated heterocycles. The van der Waals surface area contributed by atoms with Crippen LogP contribution in [-0.2, 0) is 10.0 Å². The van der Waals surface area contributed by atoms with Crippen LogP contribution >= 0.6 is 11.6 Å². The average Bonchev–Trinajstić information content (AvgIpc) is 3.95. The molecule has 2 aliphatic carbocycles. The Balaban J connectivity index is 0.959. The molecule has 17 heteroatoms. The van der Waals surface area contributed by atoms with Crippen LogP contribution in [0.3, 0.4) is 0 Å². The number of rotatable bonds is 13. The highest BCUT2D eigenvalue weighted by atomic mass is 35.5. The van der Waals surface area contributed by atoms with Gasteiger partial charge in [-0.05, 0) is 128 Å². The number of aromatic amines is 1. The fraction of sp³-hybridized carbons (Fsp3) is 0.408. The first-order valence-electron chi connectivity index (χ1n) is 22.7. The van der Waals surface area contributed by atoms with Crippen molar-refractivity contribution in [3.8, 4) is 11.4 Å². The van der Waals surface area contributed by atoms with Gasteiger partial charge in [0, 0.05) is 67.3 Å². The molecule has 0 radical (unpaired) electrons. The lowest BCUT2D eigenvalue weighted by Crippen LogP contribution is -2.47. The number of halogens is 1. The van der Waals surface area contributed by atoms with Crippen molar-refractivity contribution >= 4 is 66.5 Å². The maximum absolute atomic E-state index is 14.2. The Hall–Kier alpha value is -5.81. The van der Waals surface area contributed by atoms with Crippen LogP contribution in [0.2, 0.25) is 5.02 Å². The number of nitrogens with zero attached hydrogens (tertiary/aromatic N) is 6. The Morgan fingerprint density at radius 3 is 2.50 bits per heavy atom. The van der Waals surface area contributed by atoms with E-state index in [1.807, 2.05) is 43.3 Å². The van der Waals surface area contributed by atoms with E-state index in [4.69, 9.17) is 16.3 Å². The van der Waals surface area contributed by atoms with E-state index in [2.05, 4.69) is 55.6 Å². The third kappa shape index (κ3) is 9.55. The van der Waals surface area contributed by atoms with E-state index < -0.39 is 37.0 Å². The molecule has 3 aromatic heterocycles. The molecular weight excluding hydrogens is 880 g/mol. The molecule has 3 N–H and O–H groups in total. The van der Waals surface area contributed by atoms with Crippen LogP contribution < -0.4 is 14.4 Å². The molecule has 0 spiro atoms. The number of fused-ring (bicyclic) bond motifs is 2. The average molecular weight is 936 g/mol. The van der Waals surface area contributed by atoms with Gasteiger partial charge < -0.3 is 14.7 Å². The highest BCUT2D eigenvalue weighted by molar-refractivity contribution is 7.90. The summed E-state index contributed by atoms with van der Waals surface area (Å²) in [4.78, 5) is 39.1. The number of pyridine rings is 1. The smallest absolute Gasteiger partial charge is 0.312 e. The van der Waals surface area contributed by atoms with Crippen molar-refractivity contribution in [3.05, 3.63) is 117 Å². The van der Waals surface area contributed by atoms with E-state index in [-0.39, 0.29) is 29.3 Å². The molecule has 0 atom stereocenters. The molecule has 6 aromatic rings. The number of hydrogen-bond acceptors (Lipinski definition) is 11. The third-order valence-electron chi connectivity index (χ3n) is 13.9. The van der Waals surface area contributed by atoms with Gasteiger partial charge in [-0.15, -0.1) is 0 Å². The summed E-state index contributed by atoms with van der Waals surface area (Å²) in [5, 5.41) is 27.6. The molecule has 0 bridgehead atoms. The Bertz CT molecular complexity index is 2950. The van der Waals surface area contributed by atoms with E-state index in [0.29, 0.717) is 54.5 Å². The lowest BCUT2D eigenvalue weighted by molar-refractivity contribution is -0.386. The number of amides is 1. The highest BCUT2D eigenvalue weighted by Gasteiger charge is 2.33. The molecule has 9 rings (SSSR count). The number of anilines is 1. The molecule has 3 aliphatic rings. The minimum Gasteiger partial charge on any atom is -0.487 e. The molecule has 1 amide bonds. The first-order valence-corrected chi connectivity index (χ1v) is 24.5. The van der Waals surface area contributed by atoms with Crippen molar-refractivity contribution in [1.82, 2.24) is 29.4 Å². The number of carbonyl (C=O) groups excluding carboxylic acids is 1. The van der Waals surface area contributed by atoms with Gasteiger partial charge in [0.15, 0.2) is 11.4 Å². The topological polar surface area (TPSA) is 189 Å². The fourth-order valence-electron chi connectivity index (χ4n) is 9.72. The summed E-state index contributed by atoms with van der Waals surface area (Å²) in [6.45, 7) is 10.8. The number of ether oxygens (including phenoxy) is 1. The zero-order valence-corrected chi connectivity index (χ0v) is 39.0. The van der Waals surface area contributed by atoms with Gasteiger partial charge in [0.1, 0.15) is 5.52 Å². The molecular formula is C49H55ClN8O7S. The predicted octanol–water partition coefficient (Wildman–Crippen LogP) is 9.08. The van der Waals surface area contributed by atoms with Gasteiger partial charge >= 0.3 is 5.69 Å². The van der Waals surface area contributed by atoms with Crippen molar-refractivity contribution < 1.29 is 28.0 Å². The predicted molar refractivity (Wildman–Crippen MR) is 256 cm³/mol. The standard InChI is InChI=1S/C49H55ClN8O7S/c1-4-49(60)18-13-32(14-19-49)31-65-45-12-10-38(27-44(45)58(61)62)66(63,64)54-47(59)39-11-9-37(26-42(39)57-43-25-34-16-20-51-46(34)53-41(43)29-52-57)56-23-21-55(22-24-56)30-35-15-17-48(2,3)28-40(35)33-5-7-36(50)8-6-33/h5-12,16,20,25-27,29,32,52,60H,4,13-15,17-19,21-24,28,30-31H2,1-3H3,(H,54,59). The number of hydrogen-bond donors (Lipinski definition) is 3. The SMILES string of the molecule is CCC1(O)CCC(COc2ccc(S(=O)(=O)NC(=O)c3ccc(N4CCN(CC5=C(c6ccc(Cl)cc6)CC(C)(C)CC5)CC4)cc3-n3[nH]cc4nc5nccc5cc43)cc2[N+](=O)[O-])CC1. The number of benzene rings is 3. The highest BCUT2D eigenvalue weighted by Crippen LogP contribution is 2.44.